The smallest absolute Gasteiger partial charge is 0.134 e. The lowest BCUT2D eigenvalue weighted by atomic mass is 10.0. The van der Waals surface area contributed by atoms with Crippen LogP contribution < -0.4 is 5.32 Å². The lowest BCUT2D eigenvalue weighted by Gasteiger charge is -2.12. The van der Waals surface area contributed by atoms with Gasteiger partial charge in [-0.25, -0.2) is 4.98 Å². The number of benzene rings is 1. The first-order chi connectivity index (χ1) is 10.3. The Hall–Kier alpha value is -2.07. The molecule has 0 saturated heterocycles. The lowest BCUT2D eigenvalue weighted by Crippen LogP contribution is -2.21. The predicted octanol–water partition coefficient (Wildman–Crippen LogP) is 3.61. The van der Waals surface area contributed by atoms with Crippen LogP contribution in [0.4, 0.5) is 0 Å². The van der Waals surface area contributed by atoms with Gasteiger partial charge in [0.1, 0.15) is 11.3 Å². The molecule has 110 valence electrons. The van der Waals surface area contributed by atoms with Crippen LogP contribution in [-0.2, 0) is 12.8 Å². The molecule has 2 heterocycles. The zero-order valence-electron chi connectivity index (χ0n) is 12.5. The minimum absolute atomic E-state index is 0.204. The Balaban J connectivity index is 1.73. The number of fused-ring (bicyclic) bond motifs is 1. The Kier molecular flexibility index (Phi) is 4.06. The number of imidazole rings is 1. The van der Waals surface area contributed by atoms with Crippen LogP contribution in [0.15, 0.2) is 41.2 Å². The Bertz CT molecular complexity index is 700. The van der Waals surface area contributed by atoms with Gasteiger partial charge in [-0.3, -0.25) is 0 Å². The van der Waals surface area contributed by atoms with E-state index < -0.39 is 0 Å². The van der Waals surface area contributed by atoms with Crippen LogP contribution in [0.2, 0.25) is 0 Å². The molecule has 0 fully saturated rings. The van der Waals surface area contributed by atoms with E-state index in [4.69, 9.17) is 4.42 Å². The van der Waals surface area contributed by atoms with E-state index in [0.717, 1.165) is 36.4 Å². The van der Waals surface area contributed by atoms with Gasteiger partial charge in [0.2, 0.25) is 0 Å². The number of rotatable bonds is 6. The molecule has 1 unspecified atom stereocenters. The lowest BCUT2D eigenvalue weighted by molar-refractivity contribution is 0.448. The highest BCUT2D eigenvalue weighted by molar-refractivity contribution is 5.82. The molecule has 2 aromatic heterocycles. The number of nitrogens with one attached hydrogen (secondary N) is 2. The van der Waals surface area contributed by atoms with Gasteiger partial charge < -0.3 is 14.7 Å². The van der Waals surface area contributed by atoms with E-state index in [1.807, 2.05) is 18.3 Å². The normalized spacial score (nSPS) is 12.9. The SMILES string of the molecule is CCc1c(C(C)NCCc2cnc[nH]2)oc2ccccc12. The quantitative estimate of drug-likeness (QED) is 0.726. The fourth-order valence-electron chi connectivity index (χ4n) is 2.77. The van der Waals surface area contributed by atoms with Crippen molar-refractivity contribution in [2.75, 3.05) is 6.54 Å². The maximum Gasteiger partial charge on any atom is 0.134 e. The molecule has 21 heavy (non-hydrogen) atoms. The van der Waals surface area contributed by atoms with Crippen molar-refractivity contribution in [3.05, 3.63) is 53.8 Å². The van der Waals surface area contributed by atoms with Crippen molar-refractivity contribution >= 4 is 11.0 Å². The van der Waals surface area contributed by atoms with Gasteiger partial charge in [0, 0.05) is 35.8 Å². The molecule has 2 N–H and O–H groups in total. The molecule has 3 aromatic rings. The molecular weight excluding hydrogens is 262 g/mol. The largest absolute Gasteiger partial charge is 0.459 e. The summed E-state index contributed by atoms with van der Waals surface area (Å²) in [7, 11) is 0. The average molecular weight is 283 g/mol. The van der Waals surface area contributed by atoms with Gasteiger partial charge >= 0.3 is 0 Å². The van der Waals surface area contributed by atoms with E-state index in [2.05, 4.69) is 41.3 Å². The molecule has 0 aliphatic rings. The van der Waals surface area contributed by atoms with Crippen molar-refractivity contribution in [1.29, 1.82) is 0 Å². The third-order valence-corrected chi connectivity index (χ3v) is 3.88. The summed E-state index contributed by atoms with van der Waals surface area (Å²) in [5.74, 6) is 1.06. The number of hydrogen-bond acceptors (Lipinski definition) is 3. The maximum atomic E-state index is 6.06. The zero-order valence-corrected chi connectivity index (χ0v) is 12.5. The van der Waals surface area contributed by atoms with Crippen molar-refractivity contribution in [2.24, 2.45) is 0 Å². The van der Waals surface area contributed by atoms with E-state index >= 15 is 0 Å². The predicted molar refractivity (Wildman–Crippen MR) is 84.3 cm³/mol. The summed E-state index contributed by atoms with van der Waals surface area (Å²) in [5, 5.41) is 4.76. The molecule has 0 spiro atoms. The highest BCUT2D eigenvalue weighted by atomic mass is 16.3. The monoisotopic (exact) mass is 283 g/mol. The van der Waals surface area contributed by atoms with Crippen molar-refractivity contribution in [2.45, 2.75) is 32.7 Å². The first-order valence-corrected chi connectivity index (χ1v) is 7.50. The minimum atomic E-state index is 0.204. The molecule has 4 nitrogen and oxygen atoms in total. The standard InChI is InChI=1S/C17H21N3O/c1-3-14-15-6-4-5-7-16(15)21-17(14)12(2)19-9-8-13-10-18-11-20-13/h4-7,10-12,19H,3,8-9H2,1-2H3,(H,18,20). The Labute approximate surface area is 124 Å². The second kappa shape index (κ2) is 6.14. The second-order valence-corrected chi connectivity index (χ2v) is 5.30. The number of aromatic nitrogens is 2. The first kappa shape index (κ1) is 13.9. The average Bonchev–Trinajstić information content (AvgIpc) is 3.13. The molecule has 0 aliphatic heterocycles. The molecule has 1 atom stereocenters. The summed E-state index contributed by atoms with van der Waals surface area (Å²) in [5.41, 5.74) is 3.44. The summed E-state index contributed by atoms with van der Waals surface area (Å²) in [6.45, 7) is 5.23. The van der Waals surface area contributed by atoms with Gasteiger partial charge in [0.05, 0.1) is 12.4 Å². The molecular formula is C17H21N3O. The molecule has 3 rings (SSSR count). The highest BCUT2D eigenvalue weighted by Gasteiger charge is 2.17. The van der Waals surface area contributed by atoms with Crippen LogP contribution in [0.5, 0.6) is 0 Å². The van der Waals surface area contributed by atoms with Crippen molar-refractivity contribution < 1.29 is 4.42 Å². The minimum Gasteiger partial charge on any atom is -0.459 e. The van der Waals surface area contributed by atoms with Gasteiger partial charge in [-0.2, -0.15) is 0 Å². The molecule has 0 amide bonds. The van der Waals surface area contributed by atoms with Crippen LogP contribution >= 0.6 is 0 Å². The topological polar surface area (TPSA) is 53.9 Å². The number of hydrogen-bond donors (Lipinski definition) is 2. The zero-order chi connectivity index (χ0) is 14.7. The number of aromatic amines is 1. The van der Waals surface area contributed by atoms with Gasteiger partial charge in [0.15, 0.2) is 0 Å². The molecule has 1 aromatic carbocycles. The van der Waals surface area contributed by atoms with E-state index in [9.17, 15) is 0 Å². The van der Waals surface area contributed by atoms with Crippen molar-refractivity contribution in [3.8, 4) is 0 Å². The summed E-state index contributed by atoms with van der Waals surface area (Å²) in [4.78, 5) is 7.15. The molecule has 0 aliphatic carbocycles. The molecule has 0 bridgehead atoms. The number of H-pyrrole nitrogens is 1. The van der Waals surface area contributed by atoms with E-state index in [-0.39, 0.29) is 6.04 Å². The van der Waals surface area contributed by atoms with E-state index in [1.165, 1.54) is 10.9 Å². The maximum absolute atomic E-state index is 6.06. The van der Waals surface area contributed by atoms with E-state index in [1.54, 1.807) is 6.33 Å². The second-order valence-electron chi connectivity index (χ2n) is 5.30. The number of para-hydroxylation sites is 1. The third-order valence-electron chi connectivity index (χ3n) is 3.88. The van der Waals surface area contributed by atoms with Crippen LogP contribution in [0.3, 0.4) is 0 Å². The number of furan rings is 1. The highest BCUT2D eigenvalue weighted by Crippen LogP contribution is 2.30. The van der Waals surface area contributed by atoms with E-state index in [0.29, 0.717) is 0 Å². The van der Waals surface area contributed by atoms with Crippen LogP contribution in [0.25, 0.3) is 11.0 Å². The Morgan fingerprint density at radius 2 is 2.19 bits per heavy atom. The summed E-state index contributed by atoms with van der Waals surface area (Å²) < 4.78 is 6.06. The van der Waals surface area contributed by atoms with Gasteiger partial charge in [-0.05, 0) is 19.4 Å². The third kappa shape index (κ3) is 2.85. The summed E-state index contributed by atoms with van der Waals surface area (Å²) in [6, 6.07) is 8.46. The van der Waals surface area contributed by atoms with Crippen LogP contribution in [-0.4, -0.2) is 16.5 Å². The van der Waals surface area contributed by atoms with Gasteiger partial charge in [0.25, 0.3) is 0 Å². The molecule has 0 radical (unpaired) electrons. The molecule has 4 heteroatoms. The summed E-state index contributed by atoms with van der Waals surface area (Å²) in [6.07, 6.45) is 5.50. The fraction of sp³-hybridized carbons (Fsp3) is 0.353. The van der Waals surface area contributed by atoms with Crippen LogP contribution in [0, 0.1) is 0 Å². The fourth-order valence-corrected chi connectivity index (χ4v) is 2.77. The summed E-state index contributed by atoms with van der Waals surface area (Å²) >= 11 is 0. The molecule has 0 saturated carbocycles. The van der Waals surface area contributed by atoms with Gasteiger partial charge in [-0.1, -0.05) is 25.1 Å². The Morgan fingerprint density at radius 1 is 1.33 bits per heavy atom. The van der Waals surface area contributed by atoms with Gasteiger partial charge in [-0.15, -0.1) is 0 Å². The van der Waals surface area contributed by atoms with Crippen molar-refractivity contribution in [1.82, 2.24) is 15.3 Å². The van der Waals surface area contributed by atoms with Crippen LogP contribution in [0.1, 0.15) is 36.9 Å². The van der Waals surface area contributed by atoms with Crippen molar-refractivity contribution in [3.63, 3.8) is 0 Å². The number of aryl methyl sites for hydroxylation is 1. The first-order valence-electron chi connectivity index (χ1n) is 7.50. The Morgan fingerprint density at radius 3 is 2.95 bits per heavy atom. The number of nitrogens with zero attached hydrogens (tertiary/aromatic N) is 1.